The van der Waals surface area contributed by atoms with E-state index in [0.717, 1.165) is 32.1 Å². The van der Waals surface area contributed by atoms with Crippen LogP contribution in [0.2, 0.25) is 0 Å². The highest BCUT2D eigenvalue weighted by Crippen LogP contribution is 2.23. The molecule has 0 bridgehead atoms. The second kappa shape index (κ2) is 9.89. The first-order chi connectivity index (χ1) is 14.0. The van der Waals surface area contributed by atoms with Gasteiger partial charge in [0.15, 0.2) is 0 Å². The maximum atomic E-state index is 12.9. The van der Waals surface area contributed by atoms with Gasteiger partial charge in [-0.15, -0.1) is 0 Å². The van der Waals surface area contributed by atoms with E-state index in [0.29, 0.717) is 36.7 Å². The summed E-state index contributed by atoms with van der Waals surface area (Å²) in [5.41, 5.74) is 0.984. The van der Waals surface area contributed by atoms with Crippen LogP contribution in [0.15, 0.2) is 53.4 Å². The maximum Gasteiger partial charge on any atom is 0.259 e. The number of ether oxygens (including phenoxy) is 1. The Morgan fingerprint density at radius 3 is 2.31 bits per heavy atom. The van der Waals surface area contributed by atoms with Gasteiger partial charge in [-0.25, -0.2) is 8.42 Å². The second-order valence-corrected chi connectivity index (χ2v) is 9.08. The third-order valence-corrected chi connectivity index (χ3v) is 6.82. The summed E-state index contributed by atoms with van der Waals surface area (Å²) in [4.78, 5) is 12.9. The highest BCUT2D eigenvalue weighted by atomic mass is 32.2. The van der Waals surface area contributed by atoms with Crippen molar-refractivity contribution in [3.63, 3.8) is 0 Å². The van der Waals surface area contributed by atoms with Gasteiger partial charge in [-0.05, 0) is 55.7 Å². The summed E-state index contributed by atoms with van der Waals surface area (Å²) in [5.74, 6) is 0.243. The molecule has 3 rings (SSSR count). The number of sulfonamides is 1. The Labute approximate surface area is 172 Å². The van der Waals surface area contributed by atoms with Crippen LogP contribution in [-0.2, 0) is 10.0 Å². The summed E-state index contributed by atoms with van der Waals surface area (Å²) >= 11 is 0. The fraction of sp³-hybridized carbons (Fsp3) is 0.409. The number of carbonyl (C=O) groups excluding carboxylic acids is 1. The maximum absolute atomic E-state index is 12.9. The van der Waals surface area contributed by atoms with Crippen LogP contribution in [0.4, 0.5) is 5.69 Å². The largest absolute Gasteiger partial charge is 0.493 e. The molecule has 0 unspecified atom stereocenters. The molecular formula is C22H28N2O4S. The molecule has 156 valence electrons. The zero-order valence-electron chi connectivity index (χ0n) is 16.8. The molecule has 1 N–H and O–H groups in total. The van der Waals surface area contributed by atoms with Gasteiger partial charge in [0.2, 0.25) is 10.0 Å². The first-order valence-electron chi connectivity index (χ1n) is 10.2. The number of para-hydroxylation sites is 1. The molecule has 0 saturated carbocycles. The van der Waals surface area contributed by atoms with Crippen molar-refractivity contribution in [2.24, 2.45) is 0 Å². The van der Waals surface area contributed by atoms with Crippen LogP contribution in [0.5, 0.6) is 5.75 Å². The number of hydrogen-bond acceptors (Lipinski definition) is 4. The molecule has 29 heavy (non-hydrogen) atoms. The van der Waals surface area contributed by atoms with Crippen LogP contribution in [0, 0.1) is 0 Å². The number of hydrogen-bond donors (Lipinski definition) is 1. The van der Waals surface area contributed by atoms with E-state index in [-0.39, 0.29) is 10.8 Å². The van der Waals surface area contributed by atoms with Crippen molar-refractivity contribution in [2.45, 2.75) is 43.9 Å². The van der Waals surface area contributed by atoms with Gasteiger partial charge in [0.1, 0.15) is 5.75 Å². The normalized spacial score (nSPS) is 15.5. The second-order valence-electron chi connectivity index (χ2n) is 7.14. The summed E-state index contributed by atoms with van der Waals surface area (Å²) in [6.45, 7) is 3.67. The molecule has 1 amide bonds. The van der Waals surface area contributed by atoms with Gasteiger partial charge in [0, 0.05) is 18.8 Å². The minimum Gasteiger partial charge on any atom is -0.493 e. The fourth-order valence-corrected chi connectivity index (χ4v) is 4.85. The van der Waals surface area contributed by atoms with Crippen LogP contribution in [-0.4, -0.2) is 38.3 Å². The van der Waals surface area contributed by atoms with E-state index in [2.05, 4.69) is 5.32 Å². The zero-order valence-corrected chi connectivity index (χ0v) is 17.6. The first-order valence-corrected chi connectivity index (χ1v) is 11.6. The van der Waals surface area contributed by atoms with E-state index in [4.69, 9.17) is 4.74 Å². The van der Waals surface area contributed by atoms with Crippen molar-refractivity contribution in [2.75, 3.05) is 25.0 Å². The third-order valence-electron chi connectivity index (χ3n) is 4.91. The van der Waals surface area contributed by atoms with Gasteiger partial charge in [-0.1, -0.05) is 31.9 Å². The highest BCUT2D eigenvalue weighted by molar-refractivity contribution is 7.89. The van der Waals surface area contributed by atoms with E-state index in [9.17, 15) is 13.2 Å². The Bertz CT molecular complexity index is 918. The molecule has 1 fully saturated rings. The quantitative estimate of drug-likeness (QED) is 0.730. The fourth-order valence-electron chi connectivity index (χ4n) is 3.33. The average Bonchev–Trinajstić information content (AvgIpc) is 3.03. The molecule has 1 aliphatic rings. The van der Waals surface area contributed by atoms with Crippen LogP contribution >= 0.6 is 0 Å². The summed E-state index contributed by atoms with van der Waals surface area (Å²) in [6.07, 6.45) is 4.78. The van der Waals surface area contributed by atoms with Crippen LogP contribution in [0.25, 0.3) is 0 Å². The van der Waals surface area contributed by atoms with Crippen molar-refractivity contribution in [3.05, 3.63) is 54.1 Å². The number of nitrogens with zero attached hydrogens (tertiary/aromatic N) is 1. The molecule has 0 aromatic heterocycles. The molecule has 1 heterocycles. The summed E-state index contributed by atoms with van der Waals surface area (Å²) in [7, 11) is -3.50. The molecule has 0 radical (unpaired) electrons. The number of rotatable bonds is 7. The van der Waals surface area contributed by atoms with Gasteiger partial charge >= 0.3 is 0 Å². The first kappa shape index (κ1) is 21.3. The lowest BCUT2D eigenvalue weighted by Gasteiger charge is -2.20. The minimum atomic E-state index is -3.50. The van der Waals surface area contributed by atoms with Crippen molar-refractivity contribution in [1.29, 1.82) is 0 Å². The van der Waals surface area contributed by atoms with Crippen LogP contribution in [0.1, 0.15) is 49.4 Å². The smallest absolute Gasteiger partial charge is 0.259 e. The van der Waals surface area contributed by atoms with Crippen LogP contribution in [0.3, 0.4) is 0 Å². The van der Waals surface area contributed by atoms with Crippen molar-refractivity contribution in [1.82, 2.24) is 4.31 Å². The summed E-state index contributed by atoms with van der Waals surface area (Å²) in [6, 6.07) is 13.4. The van der Waals surface area contributed by atoms with E-state index in [1.54, 1.807) is 46.8 Å². The van der Waals surface area contributed by atoms with E-state index in [1.165, 1.54) is 0 Å². The molecule has 1 saturated heterocycles. The SMILES string of the molecule is CCCOc1ccccc1C(=O)Nc1ccc(S(=O)(=O)N2CCCCCC2)cc1. The number of anilines is 1. The highest BCUT2D eigenvalue weighted by Gasteiger charge is 2.25. The van der Waals surface area contributed by atoms with Gasteiger partial charge in [-0.2, -0.15) is 4.31 Å². The van der Waals surface area contributed by atoms with Gasteiger partial charge in [-0.3, -0.25) is 4.79 Å². The number of benzene rings is 2. The van der Waals surface area contributed by atoms with Crippen molar-refractivity contribution < 1.29 is 17.9 Å². The molecule has 0 atom stereocenters. The predicted octanol–water partition coefficient (Wildman–Crippen LogP) is 4.29. The monoisotopic (exact) mass is 416 g/mol. The van der Waals surface area contributed by atoms with Crippen molar-refractivity contribution in [3.8, 4) is 5.75 Å². The van der Waals surface area contributed by atoms with Gasteiger partial charge in [0.25, 0.3) is 5.91 Å². The molecule has 0 aliphatic carbocycles. The Balaban J connectivity index is 1.71. The van der Waals surface area contributed by atoms with Crippen molar-refractivity contribution >= 4 is 21.6 Å². The standard InChI is InChI=1S/C22H28N2O4S/c1-2-17-28-21-10-6-5-9-20(21)22(25)23-18-11-13-19(14-12-18)29(26,27)24-15-7-3-4-8-16-24/h5-6,9-14H,2-4,7-8,15-17H2,1H3,(H,23,25). The average molecular weight is 417 g/mol. The van der Waals surface area contributed by atoms with Gasteiger partial charge < -0.3 is 10.1 Å². The van der Waals surface area contributed by atoms with E-state index < -0.39 is 10.0 Å². The molecule has 7 heteroatoms. The Hall–Kier alpha value is -2.38. The molecule has 2 aromatic rings. The Morgan fingerprint density at radius 1 is 1.00 bits per heavy atom. The Kier molecular flexibility index (Phi) is 7.28. The van der Waals surface area contributed by atoms with E-state index in [1.807, 2.05) is 13.0 Å². The lowest BCUT2D eigenvalue weighted by molar-refractivity contribution is 0.102. The molecule has 2 aromatic carbocycles. The predicted molar refractivity (Wildman–Crippen MR) is 114 cm³/mol. The molecule has 0 spiro atoms. The van der Waals surface area contributed by atoms with E-state index >= 15 is 0 Å². The zero-order chi connectivity index (χ0) is 20.7. The number of carbonyl (C=O) groups is 1. The van der Waals surface area contributed by atoms with Crippen LogP contribution < -0.4 is 10.1 Å². The van der Waals surface area contributed by atoms with Gasteiger partial charge in [0.05, 0.1) is 17.1 Å². The Morgan fingerprint density at radius 2 is 1.66 bits per heavy atom. The molecule has 6 nitrogen and oxygen atoms in total. The minimum absolute atomic E-state index is 0.254. The molecular weight excluding hydrogens is 388 g/mol. The number of amides is 1. The molecule has 1 aliphatic heterocycles. The topological polar surface area (TPSA) is 75.7 Å². The summed E-state index contributed by atoms with van der Waals surface area (Å²) < 4.78 is 32.9. The lowest BCUT2D eigenvalue weighted by atomic mass is 10.2. The lowest BCUT2D eigenvalue weighted by Crippen LogP contribution is -2.31. The summed E-state index contributed by atoms with van der Waals surface area (Å²) in [5, 5.41) is 2.82. The third kappa shape index (κ3) is 5.36. The number of nitrogens with one attached hydrogen (secondary N) is 1.